The molecule has 0 aliphatic carbocycles. The van der Waals surface area contributed by atoms with Gasteiger partial charge in [-0.1, -0.05) is 41.4 Å². The average Bonchev–Trinajstić information content (AvgIpc) is 3.08. The molecule has 1 saturated heterocycles. The molecule has 1 aliphatic rings. The summed E-state index contributed by atoms with van der Waals surface area (Å²) in [6, 6.07) is 14.3. The molecule has 35 heavy (non-hydrogen) atoms. The van der Waals surface area contributed by atoms with Gasteiger partial charge < -0.3 is 14.9 Å². The third kappa shape index (κ3) is 4.37. The zero-order valence-electron chi connectivity index (χ0n) is 19.9. The van der Waals surface area contributed by atoms with Gasteiger partial charge in [0.2, 0.25) is 0 Å². The van der Waals surface area contributed by atoms with Crippen molar-refractivity contribution in [1.82, 2.24) is 0 Å². The number of aliphatic hydroxyl groups is 1. The van der Waals surface area contributed by atoms with Crippen LogP contribution < -0.4 is 9.64 Å². The molecular weight excluding hydrogens is 466 g/mol. The molecule has 0 radical (unpaired) electrons. The van der Waals surface area contributed by atoms with Gasteiger partial charge in [0.1, 0.15) is 5.76 Å². The van der Waals surface area contributed by atoms with Crippen LogP contribution in [-0.4, -0.2) is 28.5 Å². The Bertz CT molecular complexity index is 1380. The van der Waals surface area contributed by atoms with Crippen LogP contribution in [-0.2, 0) is 9.59 Å². The van der Waals surface area contributed by atoms with E-state index in [1.165, 1.54) is 11.0 Å². The molecule has 0 saturated carbocycles. The fraction of sp³-hybridized carbons (Fsp3) is 0.214. The molecular formula is C28H26ClNO5. The summed E-state index contributed by atoms with van der Waals surface area (Å²) in [7, 11) is 0. The number of rotatable bonds is 5. The van der Waals surface area contributed by atoms with Gasteiger partial charge in [0.05, 0.1) is 18.2 Å². The number of ether oxygens (including phenoxy) is 1. The summed E-state index contributed by atoms with van der Waals surface area (Å²) in [5, 5.41) is 22.1. The summed E-state index contributed by atoms with van der Waals surface area (Å²) in [6.45, 7) is 7.63. The Labute approximate surface area is 209 Å². The molecule has 7 heteroatoms. The minimum absolute atomic E-state index is 0.0452. The van der Waals surface area contributed by atoms with Crippen LogP contribution in [0.3, 0.4) is 0 Å². The van der Waals surface area contributed by atoms with Crippen LogP contribution in [0.15, 0.2) is 60.2 Å². The molecule has 1 unspecified atom stereocenters. The lowest BCUT2D eigenvalue weighted by atomic mass is 9.93. The number of ketones is 1. The van der Waals surface area contributed by atoms with Gasteiger partial charge in [-0.2, -0.15) is 0 Å². The highest BCUT2D eigenvalue weighted by molar-refractivity contribution is 6.52. The number of aromatic hydroxyl groups is 1. The second-order valence-corrected chi connectivity index (χ2v) is 9.01. The predicted molar refractivity (Wildman–Crippen MR) is 136 cm³/mol. The number of aliphatic hydroxyl groups excluding tert-OH is 1. The maximum Gasteiger partial charge on any atom is 0.300 e. The first-order valence-corrected chi connectivity index (χ1v) is 11.6. The van der Waals surface area contributed by atoms with E-state index in [0.717, 1.165) is 16.7 Å². The number of hydrogen-bond acceptors (Lipinski definition) is 5. The van der Waals surface area contributed by atoms with Crippen LogP contribution in [0.4, 0.5) is 5.69 Å². The van der Waals surface area contributed by atoms with Crippen LogP contribution in [0.2, 0.25) is 5.02 Å². The number of phenolic OH excluding ortho intramolecular Hbond substituents is 1. The molecule has 1 amide bonds. The van der Waals surface area contributed by atoms with E-state index in [0.29, 0.717) is 28.4 Å². The van der Waals surface area contributed by atoms with E-state index in [-0.39, 0.29) is 22.8 Å². The molecule has 1 heterocycles. The Kier molecular flexibility index (Phi) is 6.59. The van der Waals surface area contributed by atoms with Crippen LogP contribution in [0.5, 0.6) is 11.5 Å². The van der Waals surface area contributed by atoms with E-state index >= 15 is 0 Å². The number of aryl methyl sites for hydroxylation is 3. The van der Waals surface area contributed by atoms with Crippen molar-refractivity contribution in [2.24, 2.45) is 0 Å². The van der Waals surface area contributed by atoms with E-state index in [9.17, 15) is 19.8 Å². The Balaban J connectivity index is 2.03. The SMILES string of the molecule is CCOc1cc(C2/C(=C(\O)c3cc(C)ccc3C)C(=O)C(=O)N2c2cc(Cl)ccc2C)ccc1O. The van der Waals surface area contributed by atoms with E-state index in [1.54, 1.807) is 43.3 Å². The van der Waals surface area contributed by atoms with Gasteiger partial charge in [0.25, 0.3) is 11.7 Å². The summed E-state index contributed by atoms with van der Waals surface area (Å²) >= 11 is 6.26. The normalized spacial score (nSPS) is 17.2. The van der Waals surface area contributed by atoms with Crippen LogP contribution in [0, 0.1) is 20.8 Å². The fourth-order valence-corrected chi connectivity index (χ4v) is 4.51. The number of carbonyl (C=O) groups excluding carboxylic acids is 2. The van der Waals surface area contributed by atoms with Gasteiger partial charge in [-0.05, 0) is 74.7 Å². The van der Waals surface area contributed by atoms with Crippen molar-refractivity contribution in [2.45, 2.75) is 33.7 Å². The van der Waals surface area contributed by atoms with Crippen LogP contribution >= 0.6 is 11.6 Å². The zero-order valence-corrected chi connectivity index (χ0v) is 20.7. The molecule has 3 aromatic rings. The molecule has 1 fully saturated rings. The second kappa shape index (κ2) is 9.47. The number of nitrogens with zero attached hydrogens (tertiary/aromatic N) is 1. The summed E-state index contributed by atoms with van der Waals surface area (Å²) in [5.74, 6) is -1.70. The van der Waals surface area contributed by atoms with Crippen LogP contribution in [0.1, 0.15) is 40.8 Å². The van der Waals surface area contributed by atoms with Crippen molar-refractivity contribution < 1.29 is 24.5 Å². The molecule has 180 valence electrons. The first-order chi connectivity index (χ1) is 16.6. The summed E-state index contributed by atoms with van der Waals surface area (Å²) in [5.41, 5.74) is 3.77. The average molecular weight is 492 g/mol. The third-order valence-corrected chi connectivity index (χ3v) is 6.36. The quantitative estimate of drug-likeness (QED) is 0.260. The topological polar surface area (TPSA) is 87.1 Å². The smallest absolute Gasteiger partial charge is 0.300 e. The fourth-order valence-electron chi connectivity index (χ4n) is 4.35. The van der Waals surface area contributed by atoms with Crippen molar-refractivity contribution in [3.8, 4) is 11.5 Å². The van der Waals surface area contributed by atoms with Crippen molar-refractivity contribution in [3.63, 3.8) is 0 Å². The Morgan fingerprint density at radius 3 is 2.43 bits per heavy atom. The third-order valence-electron chi connectivity index (χ3n) is 6.12. The lowest BCUT2D eigenvalue weighted by Gasteiger charge is -2.27. The number of Topliss-reactive ketones (excluding diaryl/α,β-unsaturated/α-hetero) is 1. The lowest BCUT2D eigenvalue weighted by molar-refractivity contribution is -0.132. The molecule has 6 nitrogen and oxygen atoms in total. The van der Waals surface area contributed by atoms with E-state index < -0.39 is 17.7 Å². The molecule has 0 spiro atoms. The number of amides is 1. The lowest BCUT2D eigenvalue weighted by Crippen LogP contribution is -2.30. The Morgan fingerprint density at radius 2 is 1.71 bits per heavy atom. The Hall–Kier alpha value is -3.77. The predicted octanol–water partition coefficient (Wildman–Crippen LogP) is 6.00. The second-order valence-electron chi connectivity index (χ2n) is 8.58. The molecule has 1 aliphatic heterocycles. The Morgan fingerprint density at radius 1 is 1.00 bits per heavy atom. The highest BCUT2D eigenvalue weighted by atomic mass is 35.5. The van der Waals surface area contributed by atoms with Gasteiger partial charge in [-0.15, -0.1) is 0 Å². The van der Waals surface area contributed by atoms with Crippen molar-refractivity contribution >= 4 is 34.7 Å². The van der Waals surface area contributed by atoms with Crippen molar-refractivity contribution in [1.29, 1.82) is 0 Å². The first-order valence-electron chi connectivity index (χ1n) is 11.2. The molecule has 0 bridgehead atoms. The number of carbonyl (C=O) groups is 2. The first kappa shape index (κ1) is 24.4. The van der Waals surface area contributed by atoms with Gasteiger partial charge >= 0.3 is 0 Å². The maximum atomic E-state index is 13.4. The highest BCUT2D eigenvalue weighted by Gasteiger charge is 2.47. The number of halogens is 1. The molecule has 4 rings (SSSR count). The monoisotopic (exact) mass is 491 g/mol. The van der Waals surface area contributed by atoms with Gasteiger partial charge in [0.15, 0.2) is 11.5 Å². The number of benzene rings is 3. The number of phenols is 1. The highest BCUT2D eigenvalue weighted by Crippen LogP contribution is 2.45. The van der Waals surface area contributed by atoms with Crippen LogP contribution in [0.25, 0.3) is 5.76 Å². The molecule has 1 atom stereocenters. The summed E-state index contributed by atoms with van der Waals surface area (Å²) in [4.78, 5) is 28.2. The van der Waals surface area contributed by atoms with Gasteiger partial charge in [0, 0.05) is 16.3 Å². The summed E-state index contributed by atoms with van der Waals surface area (Å²) < 4.78 is 5.55. The van der Waals surface area contributed by atoms with E-state index in [1.807, 2.05) is 32.9 Å². The van der Waals surface area contributed by atoms with E-state index in [4.69, 9.17) is 16.3 Å². The molecule has 0 aromatic heterocycles. The van der Waals surface area contributed by atoms with E-state index in [2.05, 4.69) is 0 Å². The number of hydrogen-bond donors (Lipinski definition) is 2. The minimum atomic E-state index is -0.966. The number of anilines is 1. The van der Waals surface area contributed by atoms with Gasteiger partial charge in [-0.25, -0.2) is 0 Å². The van der Waals surface area contributed by atoms with Crippen molar-refractivity contribution in [2.75, 3.05) is 11.5 Å². The standard InChI is InChI=1S/C28H26ClNO5/c1-5-35-23-13-18(9-11-22(23)31)25-24(26(32)20-12-15(2)6-7-16(20)3)27(33)28(34)30(25)21-14-19(29)10-8-17(21)4/h6-14,25,31-32H,5H2,1-4H3/b26-24+. The van der Waals surface area contributed by atoms with Gasteiger partial charge in [-0.3, -0.25) is 14.5 Å². The molecule has 3 aromatic carbocycles. The van der Waals surface area contributed by atoms with Crippen molar-refractivity contribution in [3.05, 3.63) is 93.0 Å². The zero-order chi connectivity index (χ0) is 25.4. The maximum absolute atomic E-state index is 13.4. The minimum Gasteiger partial charge on any atom is -0.507 e. The summed E-state index contributed by atoms with van der Waals surface area (Å²) in [6.07, 6.45) is 0. The largest absolute Gasteiger partial charge is 0.507 e. The molecule has 2 N–H and O–H groups in total.